The molecule has 0 aliphatic rings. The number of aryl methyl sites for hydroxylation is 1. The maximum Gasteiger partial charge on any atom is 0.291 e. The van der Waals surface area contributed by atoms with E-state index < -0.39 is 0 Å². The molecule has 0 saturated carbocycles. The molecule has 0 atom stereocenters. The van der Waals surface area contributed by atoms with Gasteiger partial charge in [0.15, 0.2) is 5.76 Å². The Morgan fingerprint density at radius 2 is 1.78 bits per heavy atom. The zero-order chi connectivity index (χ0) is 25.9. The highest BCUT2D eigenvalue weighted by molar-refractivity contribution is 6.02. The summed E-state index contributed by atoms with van der Waals surface area (Å²) in [5.41, 5.74) is 4.65. The standard InChI is InChI=1S/C29H33N3O4/c1-19-27(20(2)32(31-19)17-21-8-7-9-24(16-21)34-6)30-28(33)26-15-14-25(36-26)18-35-23-12-10-22(11-13-23)29(3,4)5/h7-16H,17-18H2,1-6H3,(H,30,33). The number of aromatic nitrogens is 2. The van der Waals surface area contributed by atoms with Gasteiger partial charge in [0.05, 0.1) is 30.7 Å². The Morgan fingerprint density at radius 3 is 2.47 bits per heavy atom. The van der Waals surface area contributed by atoms with Gasteiger partial charge >= 0.3 is 0 Å². The van der Waals surface area contributed by atoms with Gasteiger partial charge in [0.1, 0.15) is 23.9 Å². The van der Waals surface area contributed by atoms with Crippen LogP contribution in [-0.4, -0.2) is 22.8 Å². The summed E-state index contributed by atoms with van der Waals surface area (Å²) in [5.74, 6) is 2.00. The molecule has 2 heterocycles. The van der Waals surface area contributed by atoms with Crippen LogP contribution in [0.15, 0.2) is 65.1 Å². The van der Waals surface area contributed by atoms with Gasteiger partial charge in [0, 0.05) is 0 Å². The minimum atomic E-state index is -0.331. The van der Waals surface area contributed by atoms with Gasteiger partial charge < -0.3 is 19.2 Å². The predicted molar refractivity (Wildman–Crippen MR) is 140 cm³/mol. The van der Waals surface area contributed by atoms with Crippen molar-refractivity contribution in [3.8, 4) is 11.5 Å². The highest BCUT2D eigenvalue weighted by Gasteiger charge is 2.18. The molecule has 188 valence electrons. The summed E-state index contributed by atoms with van der Waals surface area (Å²) in [4.78, 5) is 12.9. The zero-order valence-electron chi connectivity index (χ0n) is 21.7. The number of ether oxygens (including phenoxy) is 2. The molecule has 36 heavy (non-hydrogen) atoms. The Hall–Kier alpha value is -4.00. The summed E-state index contributed by atoms with van der Waals surface area (Å²) in [5, 5.41) is 7.56. The number of benzene rings is 2. The maximum atomic E-state index is 12.9. The van der Waals surface area contributed by atoms with Crippen LogP contribution in [0.1, 0.15) is 59.6 Å². The van der Waals surface area contributed by atoms with Crippen molar-refractivity contribution >= 4 is 11.6 Å². The number of methoxy groups -OCH3 is 1. The molecule has 7 nitrogen and oxygen atoms in total. The first-order valence-electron chi connectivity index (χ1n) is 11.9. The Kier molecular flexibility index (Phi) is 7.20. The van der Waals surface area contributed by atoms with Crippen LogP contribution in [0.25, 0.3) is 0 Å². The Balaban J connectivity index is 1.39. The summed E-state index contributed by atoms with van der Waals surface area (Å²) in [7, 11) is 1.65. The van der Waals surface area contributed by atoms with Crippen molar-refractivity contribution in [2.45, 2.75) is 53.2 Å². The van der Waals surface area contributed by atoms with Gasteiger partial charge in [0.25, 0.3) is 5.91 Å². The lowest BCUT2D eigenvalue weighted by Gasteiger charge is -2.19. The summed E-state index contributed by atoms with van der Waals surface area (Å²) in [6.45, 7) is 11.1. The largest absolute Gasteiger partial charge is 0.497 e. The van der Waals surface area contributed by atoms with Gasteiger partial charge in [-0.2, -0.15) is 5.10 Å². The zero-order valence-corrected chi connectivity index (χ0v) is 21.7. The van der Waals surface area contributed by atoms with Gasteiger partial charge in [-0.3, -0.25) is 9.48 Å². The third-order valence-electron chi connectivity index (χ3n) is 6.07. The molecule has 0 aliphatic heterocycles. The lowest BCUT2D eigenvalue weighted by molar-refractivity contribution is 0.0992. The van der Waals surface area contributed by atoms with Crippen molar-refractivity contribution in [1.29, 1.82) is 0 Å². The van der Waals surface area contributed by atoms with E-state index in [2.05, 4.69) is 43.3 Å². The third kappa shape index (κ3) is 5.79. The molecule has 0 fully saturated rings. The number of carbonyl (C=O) groups excluding carboxylic acids is 1. The van der Waals surface area contributed by atoms with Gasteiger partial charge in [-0.05, 0) is 66.8 Å². The number of nitrogens with zero attached hydrogens (tertiary/aromatic N) is 2. The SMILES string of the molecule is COc1cccc(Cn2nc(C)c(NC(=O)c3ccc(COc4ccc(C(C)(C)C)cc4)o3)c2C)c1. The quantitative estimate of drug-likeness (QED) is 0.316. The number of nitrogens with one attached hydrogen (secondary N) is 1. The van der Waals surface area contributed by atoms with E-state index in [0.29, 0.717) is 18.0 Å². The number of amides is 1. The number of hydrogen-bond donors (Lipinski definition) is 1. The fraction of sp³-hybridized carbons (Fsp3) is 0.310. The fourth-order valence-corrected chi connectivity index (χ4v) is 3.93. The summed E-state index contributed by atoms with van der Waals surface area (Å²) < 4.78 is 18.8. The predicted octanol–water partition coefficient (Wildman–Crippen LogP) is 6.28. The molecule has 2 aromatic heterocycles. The Morgan fingerprint density at radius 1 is 1.03 bits per heavy atom. The highest BCUT2D eigenvalue weighted by atomic mass is 16.5. The number of anilines is 1. The van der Waals surface area contributed by atoms with Gasteiger partial charge in [-0.1, -0.05) is 45.0 Å². The van der Waals surface area contributed by atoms with E-state index >= 15 is 0 Å². The van der Waals surface area contributed by atoms with Crippen LogP contribution in [0, 0.1) is 13.8 Å². The minimum Gasteiger partial charge on any atom is -0.497 e. The van der Waals surface area contributed by atoms with E-state index in [0.717, 1.165) is 28.5 Å². The smallest absolute Gasteiger partial charge is 0.291 e. The molecule has 7 heteroatoms. The number of furan rings is 1. The molecule has 1 N–H and O–H groups in total. The van der Waals surface area contributed by atoms with Crippen LogP contribution < -0.4 is 14.8 Å². The van der Waals surface area contributed by atoms with Crippen LogP contribution in [0.4, 0.5) is 5.69 Å². The second kappa shape index (κ2) is 10.3. The number of hydrogen-bond acceptors (Lipinski definition) is 5. The molecule has 0 saturated heterocycles. The van der Waals surface area contributed by atoms with Crippen LogP contribution in [0.2, 0.25) is 0 Å². The lowest BCUT2D eigenvalue weighted by atomic mass is 9.87. The first kappa shape index (κ1) is 25.1. The average Bonchev–Trinajstić information content (AvgIpc) is 3.43. The van der Waals surface area contributed by atoms with Crippen LogP contribution >= 0.6 is 0 Å². The second-order valence-electron chi connectivity index (χ2n) is 9.84. The molecule has 2 aromatic carbocycles. The van der Waals surface area contributed by atoms with Crippen LogP contribution in [0.3, 0.4) is 0 Å². The third-order valence-corrected chi connectivity index (χ3v) is 6.07. The van der Waals surface area contributed by atoms with Crippen molar-refractivity contribution in [3.05, 3.63) is 94.7 Å². The Bertz CT molecular complexity index is 1340. The molecule has 4 aromatic rings. The molecule has 0 bridgehead atoms. The van der Waals surface area contributed by atoms with E-state index in [1.54, 1.807) is 19.2 Å². The van der Waals surface area contributed by atoms with Crippen molar-refractivity contribution < 1.29 is 18.7 Å². The molecule has 0 aliphatic carbocycles. The summed E-state index contributed by atoms with van der Waals surface area (Å²) in [6.07, 6.45) is 0. The fourth-order valence-electron chi connectivity index (χ4n) is 3.93. The van der Waals surface area contributed by atoms with E-state index in [9.17, 15) is 4.79 Å². The lowest BCUT2D eigenvalue weighted by Crippen LogP contribution is -2.12. The normalized spacial score (nSPS) is 11.4. The number of rotatable bonds is 8. The minimum absolute atomic E-state index is 0.0874. The van der Waals surface area contributed by atoms with Crippen molar-refractivity contribution in [1.82, 2.24) is 9.78 Å². The number of carbonyl (C=O) groups is 1. The molecular formula is C29H33N3O4. The van der Waals surface area contributed by atoms with Crippen molar-refractivity contribution in [3.63, 3.8) is 0 Å². The first-order valence-corrected chi connectivity index (χ1v) is 11.9. The monoisotopic (exact) mass is 487 g/mol. The molecular weight excluding hydrogens is 454 g/mol. The van der Waals surface area contributed by atoms with Gasteiger partial charge in [0.2, 0.25) is 0 Å². The second-order valence-corrected chi connectivity index (χ2v) is 9.84. The van der Waals surface area contributed by atoms with Crippen LogP contribution in [-0.2, 0) is 18.6 Å². The molecule has 1 amide bonds. The van der Waals surface area contributed by atoms with Gasteiger partial charge in [-0.15, -0.1) is 0 Å². The average molecular weight is 488 g/mol. The molecule has 0 spiro atoms. The molecule has 0 radical (unpaired) electrons. The topological polar surface area (TPSA) is 78.5 Å². The van der Waals surface area contributed by atoms with E-state index in [4.69, 9.17) is 13.9 Å². The van der Waals surface area contributed by atoms with Gasteiger partial charge in [-0.25, -0.2) is 0 Å². The maximum absolute atomic E-state index is 12.9. The summed E-state index contributed by atoms with van der Waals surface area (Å²) in [6, 6.07) is 19.3. The Labute approximate surface area is 212 Å². The molecule has 0 unspecified atom stereocenters. The summed E-state index contributed by atoms with van der Waals surface area (Å²) >= 11 is 0. The highest BCUT2D eigenvalue weighted by Crippen LogP contribution is 2.25. The van der Waals surface area contributed by atoms with E-state index in [-0.39, 0.29) is 23.7 Å². The van der Waals surface area contributed by atoms with E-state index in [1.807, 2.05) is 54.9 Å². The van der Waals surface area contributed by atoms with Crippen molar-refractivity contribution in [2.24, 2.45) is 0 Å². The van der Waals surface area contributed by atoms with Crippen LogP contribution in [0.5, 0.6) is 11.5 Å². The van der Waals surface area contributed by atoms with E-state index in [1.165, 1.54) is 5.56 Å². The first-order chi connectivity index (χ1) is 17.1. The molecule has 4 rings (SSSR count). The van der Waals surface area contributed by atoms with Crippen molar-refractivity contribution in [2.75, 3.05) is 12.4 Å².